The molecule has 1 amide bonds. The molecule has 0 spiro atoms. The fraction of sp³-hybridized carbons (Fsp3) is 0.167. The van der Waals surface area contributed by atoms with Crippen molar-refractivity contribution < 1.29 is 4.79 Å². The van der Waals surface area contributed by atoms with Crippen LogP contribution in [0.5, 0.6) is 0 Å². The molecule has 4 heteroatoms. The van der Waals surface area contributed by atoms with Crippen molar-refractivity contribution in [2.75, 3.05) is 5.32 Å². The van der Waals surface area contributed by atoms with Crippen molar-refractivity contribution in [1.29, 1.82) is 0 Å². The minimum absolute atomic E-state index is 0.0531. The fourth-order valence-electron chi connectivity index (χ4n) is 2.84. The highest BCUT2D eigenvalue weighted by Gasteiger charge is 2.44. The van der Waals surface area contributed by atoms with Crippen LogP contribution >= 0.6 is 0 Å². The first-order valence-electron chi connectivity index (χ1n) is 7.36. The number of amides is 1. The standard InChI is InChI=1S/C18H15N3O/c22-18(17-9-16(17)14-2-1-6-19-11-14)21-15-4-3-13-10-20-7-5-12(13)8-15/h1-8,10-11,16-17H,9H2,(H,21,22). The molecule has 22 heavy (non-hydrogen) atoms. The summed E-state index contributed by atoms with van der Waals surface area (Å²) in [5.41, 5.74) is 1.98. The van der Waals surface area contributed by atoms with E-state index in [0.29, 0.717) is 5.92 Å². The van der Waals surface area contributed by atoms with Gasteiger partial charge in [-0.2, -0.15) is 0 Å². The van der Waals surface area contributed by atoms with Gasteiger partial charge in [-0.1, -0.05) is 12.1 Å². The quantitative estimate of drug-likeness (QED) is 0.804. The SMILES string of the molecule is O=C(Nc1ccc2cnccc2c1)C1CC1c1cccnc1. The van der Waals surface area contributed by atoms with E-state index in [0.717, 1.165) is 28.4 Å². The van der Waals surface area contributed by atoms with Gasteiger partial charge in [-0.25, -0.2) is 0 Å². The number of pyridine rings is 2. The van der Waals surface area contributed by atoms with E-state index in [-0.39, 0.29) is 11.8 Å². The summed E-state index contributed by atoms with van der Waals surface area (Å²) in [6.45, 7) is 0. The van der Waals surface area contributed by atoms with Gasteiger partial charge < -0.3 is 5.32 Å². The predicted molar refractivity (Wildman–Crippen MR) is 85.5 cm³/mol. The Kier molecular flexibility index (Phi) is 3.07. The highest BCUT2D eigenvalue weighted by molar-refractivity contribution is 5.97. The van der Waals surface area contributed by atoms with E-state index in [9.17, 15) is 4.79 Å². The van der Waals surface area contributed by atoms with Gasteiger partial charge in [0.1, 0.15) is 0 Å². The van der Waals surface area contributed by atoms with Gasteiger partial charge in [0.25, 0.3) is 0 Å². The number of fused-ring (bicyclic) bond motifs is 1. The lowest BCUT2D eigenvalue weighted by Gasteiger charge is -2.06. The van der Waals surface area contributed by atoms with Crippen LogP contribution in [0.2, 0.25) is 0 Å². The van der Waals surface area contributed by atoms with E-state index >= 15 is 0 Å². The lowest BCUT2D eigenvalue weighted by Crippen LogP contribution is -2.14. The van der Waals surface area contributed by atoms with Gasteiger partial charge in [0.05, 0.1) is 0 Å². The lowest BCUT2D eigenvalue weighted by molar-refractivity contribution is -0.117. The van der Waals surface area contributed by atoms with Crippen LogP contribution in [0.3, 0.4) is 0 Å². The first-order chi connectivity index (χ1) is 10.8. The van der Waals surface area contributed by atoms with Crippen LogP contribution in [-0.4, -0.2) is 15.9 Å². The average molecular weight is 289 g/mol. The number of aromatic nitrogens is 2. The summed E-state index contributed by atoms with van der Waals surface area (Å²) in [5.74, 6) is 0.443. The van der Waals surface area contributed by atoms with E-state index in [1.807, 2.05) is 48.8 Å². The number of nitrogens with one attached hydrogen (secondary N) is 1. The van der Waals surface area contributed by atoms with E-state index in [2.05, 4.69) is 15.3 Å². The maximum Gasteiger partial charge on any atom is 0.228 e. The Morgan fingerprint density at radius 1 is 1.05 bits per heavy atom. The zero-order valence-electron chi connectivity index (χ0n) is 11.9. The molecule has 1 aromatic carbocycles. The first kappa shape index (κ1) is 13.0. The molecule has 1 fully saturated rings. The summed E-state index contributed by atoms with van der Waals surface area (Å²) >= 11 is 0. The molecule has 2 aromatic heterocycles. The minimum atomic E-state index is 0.0531. The van der Waals surface area contributed by atoms with Gasteiger partial charge in [0, 0.05) is 41.8 Å². The Labute approximate surface area is 128 Å². The molecule has 0 aliphatic heterocycles. The highest BCUT2D eigenvalue weighted by Crippen LogP contribution is 2.47. The van der Waals surface area contributed by atoms with Crippen LogP contribution in [0.4, 0.5) is 5.69 Å². The van der Waals surface area contributed by atoms with Crippen molar-refractivity contribution in [2.24, 2.45) is 5.92 Å². The number of nitrogens with zero attached hydrogens (tertiary/aromatic N) is 2. The van der Waals surface area contributed by atoms with Crippen molar-refractivity contribution in [2.45, 2.75) is 12.3 Å². The normalized spacial score (nSPS) is 19.8. The summed E-state index contributed by atoms with van der Waals surface area (Å²) in [5, 5.41) is 5.16. The Hall–Kier alpha value is -2.75. The molecule has 2 heterocycles. The smallest absolute Gasteiger partial charge is 0.228 e. The number of rotatable bonds is 3. The van der Waals surface area contributed by atoms with Crippen molar-refractivity contribution in [3.05, 3.63) is 66.7 Å². The second kappa shape index (κ2) is 5.22. The Morgan fingerprint density at radius 3 is 2.82 bits per heavy atom. The van der Waals surface area contributed by atoms with Crippen LogP contribution in [0, 0.1) is 5.92 Å². The van der Waals surface area contributed by atoms with Gasteiger partial charge in [-0.15, -0.1) is 0 Å². The van der Waals surface area contributed by atoms with Gasteiger partial charge in [0.15, 0.2) is 0 Å². The number of carbonyl (C=O) groups excluding carboxylic acids is 1. The number of benzene rings is 1. The third kappa shape index (κ3) is 2.44. The molecule has 1 N–H and O–H groups in total. The monoisotopic (exact) mass is 289 g/mol. The van der Waals surface area contributed by atoms with Crippen molar-refractivity contribution in [3.63, 3.8) is 0 Å². The molecule has 108 valence electrons. The second-order valence-corrected chi connectivity index (χ2v) is 5.66. The molecule has 1 saturated carbocycles. The van der Waals surface area contributed by atoms with Crippen LogP contribution in [0.25, 0.3) is 10.8 Å². The molecular formula is C18H15N3O. The van der Waals surface area contributed by atoms with Crippen LogP contribution < -0.4 is 5.32 Å². The third-order valence-corrected chi connectivity index (χ3v) is 4.15. The lowest BCUT2D eigenvalue weighted by atomic mass is 10.1. The van der Waals surface area contributed by atoms with E-state index in [4.69, 9.17) is 0 Å². The summed E-state index contributed by atoms with van der Waals surface area (Å²) in [4.78, 5) is 20.6. The van der Waals surface area contributed by atoms with Crippen LogP contribution in [-0.2, 0) is 4.79 Å². The van der Waals surface area contributed by atoms with Crippen molar-refractivity contribution >= 4 is 22.4 Å². The molecule has 2 atom stereocenters. The van der Waals surface area contributed by atoms with Crippen molar-refractivity contribution in [1.82, 2.24) is 9.97 Å². The van der Waals surface area contributed by atoms with Crippen LogP contribution in [0.15, 0.2) is 61.2 Å². The number of anilines is 1. The van der Waals surface area contributed by atoms with E-state index in [1.54, 1.807) is 12.4 Å². The molecule has 0 saturated heterocycles. The third-order valence-electron chi connectivity index (χ3n) is 4.15. The molecule has 2 unspecified atom stereocenters. The average Bonchev–Trinajstić information content (AvgIpc) is 3.36. The minimum Gasteiger partial charge on any atom is -0.326 e. The largest absolute Gasteiger partial charge is 0.326 e. The maximum absolute atomic E-state index is 12.4. The number of carbonyl (C=O) groups is 1. The van der Waals surface area contributed by atoms with Gasteiger partial charge >= 0.3 is 0 Å². The zero-order valence-corrected chi connectivity index (χ0v) is 11.9. The molecule has 1 aliphatic rings. The topological polar surface area (TPSA) is 54.9 Å². The molecule has 1 aliphatic carbocycles. The molecule has 0 radical (unpaired) electrons. The first-order valence-corrected chi connectivity index (χ1v) is 7.36. The Morgan fingerprint density at radius 2 is 1.95 bits per heavy atom. The van der Waals surface area contributed by atoms with Gasteiger partial charge in [-0.05, 0) is 47.6 Å². The summed E-state index contributed by atoms with van der Waals surface area (Å²) in [6.07, 6.45) is 8.08. The summed E-state index contributed by atoms with van der Waals surface area (Å²) in [7, 11) is 0. The highest BCUT2D eigenvalue weighted by atomic mass is 16.2. The fourth-order valence-corrected chi connectivity index (χ4v) is 2.84. The Balaban J connectivity index is 1.48. The maximum atomic E-state index is 12.4. The number of hydrogen-bond donors (Lipinski definition) is 1. The van der Waals surface area contributed by atoms with Gasteiger partial charge in [0.2, 0.25) is 5.91 Å². The molecule has 4 nitrogen and oxygen atoms in total. The molecule has 4 rings (SSSR count). The van der Waals surface area contributed by atoms with Crippen LogP contribution in [0.1, 0.15) is 17.9 Å². The van der Waals surface area contributed by atoms with E-state index in [1.165, 1.54) is 0 Å². The zero-order chi connectivity index (χ0) is 14.9. The van der Waals surface area contributed by atoms with E-state index < -0.39 is 0 Å². The Bertz CT molecular complexity index is 832. The summed E-state index contributed by atoms with van der Waals surface area (Å²) in [6, 6.07) is 11.8. The molecule has 0 bridgehead atoms. The molecule has 3 aromatic rings. The summed E-state index contributed by atoms with van der Waals surface area (Å²) < 4.78 is 0. The van der Waals surface area contributed by atoms with Crippen molar-refractivity contribution in [3.8, 4) is 0 Å². The van der Waals surface area contributed by atoms with Gasteiger partial charge in [-0.3, -0.25) is 14.8 Å². The predicted octanol–water partition coefficient (Wildman–Crippen LogP) is 3.37. The second-order valence-electron chi connectivity index (χ2n) is 5.66. The number of hydrogen-bond acceptors (Lipinski definition) is 3. The molecular weight excluding hydrogens is 274 g/mol.